The van der Waals surface area contributed by atoms with Crippen LogP contribution in [0.25, 0.3) is 0 Å². The third kappa shape index (κ3) is 3.18. The van der Waals surface area contributed by atoms with Crippen LogP contribution in [0.5, 0.6) is 5.75 Å². The lowest BCUT2D eigenvalue weighted by atomic mass is 9.63. The minimum atomic E-state index is -0.267. The molecule has 1 aliphatic heterocycles. The molecule has 162 valence electrons. The van der Waals surface area contributed by atoms with Crippen LogP contribution in [0.1, 0.15) is 17.5 Å². The van der Waals surface area contributed by atoms with Gasteiger partial charge in [0.05, 0.1) is 18.1 Å². The summed E-state index contributed by atoms with van der Waals surface area (Å²) in [4.78, 5) is 26.2. The van der Waals surface area contributed by atoms with Gasteiger partial charge in [-0.25, -0.2) is 0 Å². The molecule has 7 rings (SSSR count). The molecule has 5 nitrogen and oxygen atoms in total. The number of allylic oxidation sites excluding steroid dienone is 2. The van der Waals surface area contributed by atoms with Crippen molar-refractivity contribution in [1.29, 1.82) is 0 Å². The summed E-state index contributed by atoms with van der Waals surface area (Å²) in [6.45, 7) is 0.312. The van der Waals surface area contributed by atoms with Crippen molar-refractivity contribution in [1.82, 2.24) is 5.01 Å². The van der Waals surface area contributed by atoms with Gasteiger partial charge in [-0.15, -0.1) is 0 Å². The maximum Gasteiger partial charge on any atom is 0.254 e. The van der Waals surface area contributed by atoms with Crippen LogP contribution in [-0.2, 0) is 16.2 Å². The number of hydrogen-bond donors (Lipinski definition) is 0. The van der Waals surface area contributed by atoms with Gasteiger partial charge in [-0.3, -0.25) is 9.59 Å². The Morgan fingerprint density at radius 3 is 2.34 bits per heavy atom. The summed E-state index contributed by atoms with van der Waals surface area (Å²) in [5.74, 6) is 1.11. The largest absolute Gasteiger partial charge is 0.488 e. The van der Waals surface area contributed by atoms with Crippen LogP contribution in [0, 0.1) is 35.5 Å². The first-order chi connectivity index (χ1) is 15.5. The highest BCUT2D eigenvalue weighted by Gasteiger charge is 2.67. The summed E-state index contributed by atoms with van der Waals surface area (Å²) >= 11 is 12.2. The SMILES string of the molecule is O=C1[C@@H]2[C@H]3C=C[C@H]([C@H]4C[C@H]34)[C@@H]2C(=O)N1/N=C\c1cc(Cl)ccc1OCc1cccc(Cl)c1. The van der Waals surface area contributed by atoms with E-state index in [-0.39, 0.29) is 35.5 Å². The maximum absolute atomic E-state index is 13.1. The number of hydrazone groups is 1. The van der Waals surface area contributed by atoms with E-state index in [4.69, 9.17) is 27.9 Å². The van der Waals surface area contributed by atoms with Crippen LogP contribution in [0.2, 0.25) is 10.0 Å². The van der Waals surface area contributed by atoms with Crippen LogP contribution in [0.15, 0.2) is 59.7 Å². The molecule has 2 bridgehead atoms. The fourth-order valence-electron chi connectivity index (χ4n) is 5.71. The first kappa shape index (κ1) is 20.0. The Kier molecular flexibility index (Phi) is 4.67. The minimum absolute atomic E-state index is 0.175. The van der Waals surface area contributed by atoms with Gasteiger partial charge in [0.25, 0.3) is 11.8 Å². The second kappa shape index (κ2) is 7.46. The Hall–Kier alpha value is -2.63. The quantitative estimate of drug-likeness (QED) is 0.355. The number of benzene rings is 2. The number of amides is 2. The highest BCUT2D eigenvalue weighted by Crippen LogP contribution is 2.65. The van der Waals surface area contributed by atoms with E-state index in [0.717, 1.165) is 17.0 Å². The molecule has 0 unspecified atom stereocenters. The minimum Gasteiger partial charge on any atom is -0.488 e. The summed E-state index contributed by atoms with van der Waals surface area (Å²) in [6.07, 6.45) is 6.92. The molecule has 6 atom stereocenters. The predicted molar refractivity (Wildman–Crippen MR) is 121 cm³/mol. The number of nitrogens with zero attached hydrogens (tertiary/aromatic N) is 2. The fourth-order valence-corrected chi connectivity index (χ4v) is 6.11. The molecule has 2 saturated carbocycles. The molecule has 1 saturated heterocycles. The number of carbonyl (C=O) groups excluding carboxylic acids is 2. The summed E-state index contributed by atoms with van der Waals surface area (Å²) in [5, 5.41) is 6.52. The number of rotatable bonds is 5. The highest BCUT2D eigenvalue weighted by atomic mass is 35.5. The number of hydrogen-bond acceptors (Lipinski definition) is 4. The zero-order valence-electron chi connectivity index (χ0n) is 17.0. The smallest absolute Gasteiger partial charge is 0.254 e. The Morgan fingerprint density at radius 2 is 1.66 bits per heavy atom. The van der Waals surface area contributed by atoms with Gasteiger partial charge in [0.1, 0.15) is 12.4 Å². The molecule has 1 heterocycles. The van der Waals surface area contributed by atoms with Crippen molar-refractivity contribution < 1.29 is 14.3 Å². The fraction of sp³-hybridized carbons (Fsp3) is 0.320. The highest BCUT2D eigenvalue weighted by molar-refractivity contribution is 6.31. The Labute approximate surface area is 195 Å². The number of carbonyl (C=O) groups is 2. The topological polar surface area (TPSA) is 59.0 Å². The van der Waals surface area contributed by atoms with E-state index in [1.54, 1.807) is 24.3 Å². The van der Waals surface area contributed by atoms with Crippen LogP contribution in [0.3, 0.4) is 0 Å². The Bertz CT molecular complexity index is 1160. The molecule has 2 aromatic rings. The van der Waals surface area contributed by atoms with E-state index in [0.29, 0.717) is 39.8 Å². The molecule has 0 radical (unpaired) electrons. The van der Waals surface area contributed by atoms with E-state index in [9.17, 15) is 9.59 Å². The van der Waals surface area contributed by atoms with E-state index < -0.39 is 0 Å². The average Bonchev–Trinajstić information content (AvgIpc) is 3.56. The Balaban J connectivity index is 1.23. The van der Waals surface area contributed by atoms with Crippen LogP contribution in [-0.4, -0.2) is 23.0 Å². The van der Waals surface area contributed by atoms with Crippen LogP contribution in [0.4, 0.5) is 0 Å². The molecule has 4 aliphatic carbocycles. The molecule has 3 fully saturated rings. The number of ether oxygens (including phenoxy) is 1. The van der Waals surface area contributed by atoms with Gasteiger partial charge in [-0.05, 0) is 66.0 Å². The zero-order valence-corrected chi connectivity index (χ0v) is 18.5. The molecule has 7 heteroatoms. The van der Waals surface area contributed by atoms with Gasteiger partial charge in [-0.1, -0.05) is 47.5 Å². The second-order valence-electron chi connectivity index (χ2n) is 8.99. The van der Waals surface area contributed by atoms with Crippen molar-refractivity contribution in [3.63, 3.8) is 0 Å². The van der Waals surface area contributed by atoms with E-state index in [1.165, 1.54) is 6.21 Å². The lowest BCUT2D eigenvalue weighted by molar-refractivity contribution is -0.140. The van der Waals surface area contributed by atoms with Gasteiger partial charge in [-0.2, -0.15) is 10.1 Å². The van der Waals surface area contributed by atoms with Crippen LogP contribution >= 0.6 is 23.2 Å². The van der Waals surface area contributed by atoms with Gasteiger partial charge < -0.3 is 4.74 Å². The summed E-state index contributed by atoms with van der Waals surface area (Å²) < 4.78 is 5.95. The van der Waals surface area contributed by atoms with Crippen molar-refractivity contribution in [3.8, 4) is 5.75 Å². The van der Waals surface area contributed by atoms with Crippen molar-refractivity contribution in [2.24, 2.45) is 40.6 Å². The van der Waals surface area contributed by atoms with Crippen molar-refractivity contribution in [3.05, 3.63) is 75.8 Å². The average molecular weight is 467 g/mol. The lowest BCUT2D eigenvalue weighted by Crippen LogP contribution is -2.40. The molecule has 2 amide bonds. The summed E-state index contributed by atoms with van der Waals surface area (Å²) in [5.41, 5.74) is 1.52. The molecule has 2 aromatic carbocycles. The molecular formula is C25H20Cl2N2O3. The van der Waals surface area contributed by atoms with Crippen molar-refractivity contribution >= 4 is 41.2 Å². The normalized spacial score (nSPS) is 31.9. The standard InChI is InChI=1S/C25H20Cl2N2O3/c26-15-3-1-2-13(8-15)12-32-21-7-4-16(27)9-14(21)11-28-29-24(30)22-17-5-6-18(20-10-19(17)20)23(22)25(29)31/h1-9,11,17-20,22-23H,10,12H2/b28-11-/t17-,18+,19-,20-,22+,23-/m1/s1. The number of imide groups is 1. The zero-order chi connectivity index (χ0) is 22.0. The predicted octanol–water partition coefficient (Wildman–Crippen LogP) is 4.96. The molecular weight excluding hydrogens is 447 g/mol. The third-order valence-electron chi connectivity index (χ3n) is 7.21. The van der Waals surface area contributed by atoms with E-state index in [1.807, 2.05) is 18.2 Å². The monoisotopic (exact) mass is 466 g/mol. The van der Waals surface area contributed by atoms with E-state index >= 15 is 0 Å². The first-order valence-corrected chi connectivity index (χ1v) is 11.5. The Morgan fingerprint density at radius 1 is 0.969 bits per heavy atom. The van der Waals surface area contributed by atoms with Crippen molar-refractivity contribution in [2.45, 2.75) is 13.0 Å². The molecule has 5 aliphatic rings. The van der Waals surface area contributed by atoms with Gasteiger partial charge in [0.2, 0.25) is 0 Å². The van der Waals surface area contributed by atoms with Crippen LogP contribution < -0.4 is 4.74 Å². The molecule has 32 heavy (non-hydrogen) atoms. The molecule has 0 spiro atoms. The number of halogens is 2. The maximum atomic E-state index is 13.1. The summed E-state index contributed by atoms with van der Waals surface area (Å²) in [6, 6.07) is 12.6. The lowest BCUT2D eigenvalue weighted by Gasteiger charge is -2.37. The first-order valence-electron chi connectivity index (χ1n) is 10.8. The van der Waals surface area contributed by atoms with Gasteiger partial charge >= 0.3 is 0 Å². The third-order valence-corrected chi connectivity index (χ3v) is 7.68. The molecule has 0 N–H and O–H groups in total. The van der Waals surface area contributed by atoms with Gasteiger partial charge in [0, 0.05) is 15.6 Å². The van der Waals surface area contributed by atoms with Gasteiger partial charge in [0.15, 0.2) is 0 Å². The second-order valence-corrected chi connectivity index (χ2v) is 9.86. The van der Waals surface area contributed by atoms with Crippen molar-refractivity contribution in [2.75, 3.05) is 0 Å². The van der Waals surface area contributed by atoms with E-state index in [2.05, 4.69) is 17.3 Å². The summed E-state index contributed by atoms with van der Waals surface area (Å²) in [7, 11) is 0. The molecule has 0 aromatic heterocycles.